The lowest BCUT2D eigenvalue weighted by atomic mass is 10.1. The highest BCUT2D eigenvalue weighted by Gasteiger charge is 2.41. The molecule has 0 bridgehead atoms. The van der Waals surface area contributed by atoms with Crippen LogP contribution in [0.4, 0.5) is 24.7 Å². The molecule has 1 N–H and O–H groups in total. The number of benzene rings is 3. The maximum atomic E-state index is 12.3. The molecule has 3 aromatic carbocycles. The lowest BCUT2D eigenvalue weighted by molar-refractivity contribution is -0.389. The van der Waals surface area contributed by atoms with Gasteiger partial charge in [0.25, 0.3) is 10.1 Å². The van der Waals surface area contributed by atoms with Crippen molar-refractivity contribution in [2.45, 2.75) is 37.3 Å². The number of piperazine rings is 1. The van der Waals surface area contributed by atoms with Crippen LogP contribution in [-0.4, -0.2) is 77.0 Å². The van der Waals surface area contributed by atoms with Crippen molar-refractivity contribution in [2.75, 3.05) is 37.6 Å². The Morgan fingerprint density at radius 3 is 2.04 bits per heavy atom. The van der Waals surface area contributed by atoms with Gasteiger partial charge in [0.2, 0.25) is 0 Å². The van der Waals surface area contributed by atoms with Crippen LogP contribution in [-0.2, 0) is 16.7 Å². The molecule has 256 valence electrons. The summed E-state index contributed by atoms with van der Waals surface area (Å²) in [6, 6.07) is 19.0. The SMILES string of the molecule is CC1(CN2CCN(c3ccc(Oc4ccc(OC(F)(F)F)cc4)cc3)CC2)Cn2cc([N+](=O)[O-])nc2O1.Cc1ccc(S(=O)(=O)O)cc1. The maximum Gasteiger partial charge on any atom is 0.573 e. The quantitative estimate of drug-likeness (QED) is 0.138. The summed E-state index contributed by atoms with van der Waals surface area (Å²) < 4.78 is 83.7. The molecule has 0 aliphatic carbocycles. The number of hydrogen-bond donors (Lipinski definition) is 1. The van der Waals surface area contributed by atoms with E-state index in [1.807, 2.05) is 38.1 Å². The average molecular weight is 692 g/mol. The molecule has 1 atom stereocenters. The van der Waals surface area contributed by atoms with E-state index in [4.69, 9.17) is 14.0 Å². The van der Waals surface area contributed by atoms with E-state index in [0.717, 1.165) is 37.4 Å². The average Bonchev–Trinajstić information content (AvgIpc) is 3.54. The molecule has 3 heterocycles. The largest absolute Gasteiger partial charge is 0.573 e. The van der Waals surface area contributed by atoms with Crippen LogP contribution in [0, 0.1) is 17.0 Å². The Bertz CT molecular complexity index is 1800. The molecule has 48 heavy (non-hydrogen) atoms. The minimum atomic E-state index is -4.73. The highest BCUT2D eigenvalue weighted by Crippen LogP contribution is 2.32. The highest BCUT2D eigenvalue weighted by atomic mass is 32.2. The van der Waals surface area contributed by atoms with Gasteiger partial charge >= 0.3 is 18.2 Å². The summed E-state index contributed by atoms with van der Waals surface area (Å²) >= 11 is 0. The number of aromatic nitrogens is 2. The molecule has 0 spiro atoms. The summed E-state index contributed by atoms with van der Waals surface area (Å²) in [6.07, 6.45) is -3.33. The van der Waals surface area contributed by atoms with Gasteiger partial charge in [0.05, 0.1) is 11.4 Å². The first kappa shape index (κ1) is 34.5. The van der Waals surface area contributed by atoms with Crippen LogP contribution < -0.4 is 19.1 Å². The van der Waals surface area contributed by atoms with E-state index in [1.165, 1.54) is 42.6 Å². The minimum Gasteiger partial charge on any atom is -0.457 e. The van der Waals surface area contributed by atoms with Crippen LogP contribution in [0.3, 0.4) is 0 Å². The molecule has 13 nitrogen and oxygen atoms in total. The van der Waals surface area contributed by atoms with Gasteiger partial charge in [0.15, 0.2) is 0 Å². The number of fused-ring (bicyclic) bond motifs is 1. The number of anilines is 1. The number of halogens is 3. The second kappa shape index (κ2) is 13.7. The molecule has 0 saturated carbocycles. The van der Waals surface area contributed by atoms with Gasteiger partial charge in [-0.3, -0.25) is 14.0 Å². The van der Waals surface area contributed by atoms with Crippen molar-refractivity contribution < 1.29 is 45.3 Å². The normalized spacial score (nSPS) is 17.9. The Kier molecular flexibility index (Phi) is 9.84. The number of imidazole rings is 1. The molecular weight excluding hydrogens is 659 g/mol. The standard InChI is InChI=1S/C24H24F3N5O5.C7H8O3S/c1-23(16-31-14-21(32(33)34)28-22(31)37-23)15-29-10-12-30(13-11-29)17-2-4-18(5-3-17)35-19-6-8-20(9-7-19)36-24(25,26)27;1-6-2-4-7(5-3-6)11(8,9)10/h2-9,14H,10-13,15-16H2,1H3;2-5H,1H3,(H,8,9,10). The topological polar surface area (TPSA) is 150 Å². The molecule has 1 fully saturated rings. The van der Waals surface area contributed by atoms with Gasteiger partial charge in [0, 0.05) is 43.4 Å². The van der Waals surface area contributed by atoms with Crippen molar-refractivity contribution in [1.29, 1.82) is 0 Å². The minimum absolute atomic E-state index is 0.0666. The molecular formula is C31H32F3N5O8S. The maximum absolute atomic E-state index is 12.3. The molecule has 1 saturated heterocycles. The molecule has 1 aromatic heterocycles. The van der Waals surface area contributed by atoms with Crippen molar-refractivity contribution in [3.05, 3.63) is 94.7 Å². The van der Waals surface area contributed by atoms with Crippen LogP contribution in [0.15, 0.2) is 83.9 Å². The van der Waals surface area contributed by atoms with Crippen molar-refractivity contribution in [3.63, 3.8) is 0 Å². The Hall–Kier alpha value is -4.87. The van der Waals surface area contributed by atoms with Crippen molar-refractivity contribution >= 4 is 21.6 Å². The zero-order chi connectivity index (χ0) is 34.7. The van der Waals surface area contributed by atoms with E-state index in [2.05, 4.69) is 19.5 Å². The summed E-state index contributed by atoms with van der Waals surface area (Å²) in [5.74, 6) is 0.444. The van der Waals surface area contributed by atoms with E-state index in [1.54, 1.807) is 16.7 Å². The van der Waals surface area contributed by atoms with Gasteiger partial charge in [-0.15, -0.1) is 13.2 Å². The molecule has 2 aliphatic rings. The number of hydrogen-bond acceptors (Lipinski definition) is 10. The summed E-state index contributed by atoms with van der Waals surface area (Å²) in [5.41, 5.74) is 1.49. The van der Waals surface area contributed by atoms with Gasteiger partial charge in [0.1, 0.15) is 29.0 Å². The Balaban J connectivity index is 0.000000349. The van der Waals surface area contributed by atoms with Crippen LogP contribution in [0.1, 0.15) is 12.5 Å². The number of nitrogens with zero attached hydrogens (tertiary/aromatic N) is 5. The Labute approximate surface area is 274 Å². The van der Waals surface area contributed by atoms with E-state index >= 15 is 0 Å². The zero-order valence-electron chi connectivity index (χ0n) is 25.8. The Morgan fingerprint density at radius 2 is 1.52 bits per heavy atom. The monoisotopic (exact) mass is 691 g/mol. The predicted octanol–water partition coefficient (Wildman–Crippen LogP) is 5.70. The molecule has 6 rings (SSSR count). The lowest BCUT2D eigenvalue weighted by Gasteiger charge is -2.39. The third kappa shape index (κ3) is 9.14. The first-order valence-electron chi connectivity index (χ1n) is 14.6. The second-order valence-electron chi connectivity index (χ2n) is 11.5. The number of aryl methyl sites for hydroxylation is 1. The van der Waals surface area contributed by atoms with Gasteiger partial charge in [-0.1, -0.05) is 17.7 Å². The van der Waals surface area contributed by atoms with Crippen molar-refractivity contribution in [1.82, 2.24) is 14.5 Å². The second-order valence-corrected chi connectivity index (χ2v) is 12.9. The number of nitro groups is 1. The molecule has 2 aliphatic heterocycles. The third-order valence-corrected chi connectivity index (χ3v) is 8.37. The van der Waals surface area contributed by atoms with Crippen LogP contribution in [0.5, 0.6) is 23.3 Å². The fourth-order valence-corrected chi connectivity index (χ4v) is 5.76. The van der Waals surface area contributed by atoms with E-state index in [9.17, 15) is 31.7 Å². The lowest BCUT2D eigenvalue weighted by Crippen LogP contribution is -2.52. The van der Waals surface area contributed by atoms with Crippen molar-refractivity contribution in [2.24, 2.45) is 0 Å². The molecule has 0 radical (unpaired) electrons. The fraction of sp³-hybridized carbons (Fsp3) is 0.323. The van der Waals surface area contributed by atoms with E-state index in [0.29, 0.717) is 24.6 Å². The molecule has 0 amide bonds. The number of rotatable bonds is 8. The van der Waals surface area contributed by atoms with E-state index < -0.39 is 27.0 Å². The van der Waals surface area contributed by atoms with Gasteiger partial charge in [-0.05, 0) is 79.4 Å². The van der Waals surface area contributed by atoms with Gasteiger partial charge in [-0.2, -0.15) is 8.42 Å². The summed E-state index contributed by atoms with van der Waals surface area (Å²) in [4.78, 5) is 18.8. The van der Waals surface area contributed by atoms with Gasteiger partial charge in [-0.25, -0.2) is 0 Å². The predicted molar refractivity (Wildman–Crippen MR) is 167 cm³/mol. The first-order chi connectivity index (χ1) is 22.5. The van der Waals surface area contributed by atoms with Crippen molar-refractivity contribution in [3.8, 4) is 23.3 Å². The summed E-state index contributed by atoms with van der Waals surface area (Å²) in [7, 11) is -4.02. The smallest absolute Gasteiger partial charge is 0.457 e. The number of alkyl halides is 3. The van der Waals surface area contributed by atoms with E-state index in [-0.39, 0.29) is 22.5 Å². The van der Waals surface area contributed by atoms with Crippen LogP contribution in [0.25, 0.3) is 0 Å². The highest BCUT2D eigenvalue weighted by molar-refractivity contribution is 7.85. The molecule has 17 heteroatoms. The summed E-state index contributed by atoms with van der Waals surface area (Å²) in [6.45, 7) is 8.28. The fourth-order valence-electron chi connectivity index (χ4n) is 5.28. The zero-order valence-corrected chi connectivity index (χ0v) is 26.6. The van der Waals surface area contributed by atoms with Gasteiger partial charge < -0.3 is 29.2 Å². The first-order valence-corrected chi connectivity index (χ1v) is 16.1. The molecule has 4 aromatic rings. The summed E-state index contributed by atoms with van der Waals surface area (Å²) in [5, 5.41) is 10.9. The Morgan fingerprint density at radius 1 is 0.958 bits per heavy atom. The molecule has 1 unspecified atom stereocenters. The third-order valence-electron chi connectivity index (χ3n) is 7.50. The van der Waals surface area contributed by atoms with Crippen LogP contribution >= 0.6 is 0 Å². The van der Waals surface area contributed by atoms with Crippen LogP contribution in [0.2, 0.25) is 0 Å². The number of ether oxygens (including phenoxy) is 3.